The Morgan fingerprint density at radius 2 is 2.25 bits per heavy atom. The van der Waals surface area contributed by atoms with E-state index >= 15 is 0 Å². The third kappa shape index (κ3) is 4.77. The van der Waals surface area contributed by atoms with Gasteiger partial charge in [-0.15, -0.1) is 11.7 Å². The zero-order chi connectivity index (χ0) is 6.41. The molecule has 0 saturated heterocycles. The van der Waals surface area contributed by atoms with Gasteiger partial charge in [-0.3, -0.25) is 0 Å². The molecule has 0 aromatic carbocycles. The lowest BCUT2D eigenvalue weighted by molar-refractivity contribution is 0.152. The highest BCUT2D eigenvalue weighted by Crippen LogP contribution is 2.07. The first-order chi connectivity index (χ1) is 3.81. The molecule has 0 rings (SSSR count). The fraction of sp³-hybridized carbons (Fsp3) is 1.00. The zero-order valence-corrected chi connectivity index (χ0v) is 6.16. The third-order valence-electron chi connectivity index (χ3n) is 0.729. The van der Waals surface area contributed by atoms with Crippen LogP contribution in [0.2, 0.25) is 0 Å². The molecule has 0 heterocycles. The van der Waals surface area contributed by atoms with Gasteiger partial charge >= 0.3 is 0 Å². The van der Waals surface area contributed by atoms with Crippen molar-refractivity contribution in [1.82, 2.24) is 0 Å². The van der Waals surface area contributed by atoms with Crippen molar-refractivity contribution in [2.45, 2.75) is 12.5 Å². The minimum absolute atomic E-state index is 0.0511. The number of hydrogen-bond acceptors (Lipinski definition) is 4. The average molecular weight is 154 g/mol. The van der Waals surface area contributed by atoms with Crippen molar-refractivity contribution < 1.29 is 10.2 Å². The van der Waals surface area contributed by atoms with E-state index in [2.05, 4.69) is 11.7 Å². The Morgan fingerprint density at radius 1 is 1.62 bits per heavy atom. The molecule has 0 saturated carbocycles. The van der Waals surface area contributed by atoms with Gasteiger partial charge in [-0.2, -0.15) is 0 Å². The predicted octanol–water partition coefficient (Wildman–Crippen LogP) is 0.308. The molecule has 2 nitrogen and oxygen atoms in total. The van der Waals surface area contributed by atoms with E-state index in [9.17, 15) is 0 Å². The Bertz CT molecular complexity index is 45.3. The topological polar surface area (TPSA) is 40.5 Å². The molecule has 4 heteroatoms. The summed E-state index contributed by atoms with van der Waals surface area (Å²) >= 11 is 3.83. The molecule has 2 N–H and O–H groups in total. The first-order valence-corrected chi connectivity index (χ1v) is 4.40. The second-order valence-corrected chi connectivity index (χ2v) is 2.83. The maximum absolute atomic E-state index is 8.82. The summed E-state index contributed by atoms with van der Waals surface area (Å²) in [6.07, 6.45) is 0.0515. The summed E-state index contributed by atoms with van der Waals surface area (Å²) in [7, 11) is 1.28. The van der Waals surface area contributed by atoms with Gasteiger partial charge in [0.2, 0.25) is 0 Å². The molecular formula is C4H10O2S2. The van der Waals surface area contributed by atoms with Crippen molar-refractivity contribution in [3.05, 3.63) is 0 Å². The molecule has 0 radical (unpaired) electrons. The fourth-order valence-electron chi connectivity index (χ4n) is 0.318. The summed E-state index contributed by atoms with van der Waals surface area (Å²) in [6.45, 7) is 0.0511. The zero-order valence-electron chi connectivity index (χ0n) is 4.45. The highest BCUT2D eigenvalue weighted by atomic mass is 33.1. The van der Waals surface area contributed by atoms with E-state index < -0.39 is 6.10 Å². The van der Waals surface area contributed by atoms with Crippen LogP contribution in [-0.4, -0.2) is 28.7 Å². The summed E-state index contributed by atoms with van der Waals surface area (Å²) in [4.78, 5) is 0. The minimum Gasteiger partial charge on any atom is -0.396 e. The van der Waals surface area contributed by atoms with Gasteiger partial charge in [0, 0.05) is 12.4 Å². The molecule has 0 aromatic heterocycles. The Labute approximate surface area is 58.1 Å². The lowest BCUT2D eigenvalue weighted by Gasteiger charge is -2.03. The smallest absolute Gasteiger partial charge is 0.0660 e. The molecule has 1 unspecified atom stereocenters. The van der Waals surface area contributed by atoms with E-state index in [4.69, 9.17) is 10.2 Å². The van der Waals surface area contributed by atoms with E-state index in [0.29, 0.717) is 12.2 Å². The van der Waals surface area contributed by atoms with Crippen LogP contribution in [0.25, 0.3) is 0 Å². The molecule has 0 aliphatic rings. The van der Waals surface area contributed by atoms with E-state index in [-0.39, 0.29) is 6.61 Å². The van der Waals surface area contributed by atoms with Crippen LogP contribution in [0, 0.1) is 0 Å². The van der Waals surface area contributed by atoms with Crippen molar-refractivity contribution in [2.24, 2.45) is 0 Å². The van der Waals surface area contributed by atoms with Gasteiger partial charge in [0.05, 0.1) is 6.10 Å². The van der Waals surface area contributed by atoms with Crippen molar-refractivity contribution in [3.8, 4) is 0 Å². The molecule has 8 heavy (non-hydrogen) atoms. The number of aliphatic hydroxyl groups excluding tert-OH is 2. The van der Waals surface area contributed by atoms with Gasteiger partial charge in [0.25, 0.3) is 0 Å². The van der Waals surface area contributed by atoms with Crippen LogP contribution in [0.5, 0.6) is 0 Å². The number of rotatable bonds is 4. The van der Waals surface area contributed by atoms with Gasteiger partial charge in [0.15, 0.2) is 0 Å². The quantitative estimate of drug-likeness (QED) is 0.403. The fourth-order valence-corrected chi connectivity index (χ4v) is 1.17. The number of aliphatic hydroxyl groups is 2. The molecule has 1 atom stereocenters. The second kappa shape index (κ2) is 5.75. The lowest BCUT2D eigenvalue weighted by Crippen LogP contribution is -2.10. The van der Waals surface area contributed by atoms with Crippen molar-refractivity contribution in [3.63, 3.8) is 0 Å². The first kappa shape index (κ1) is 8.62. The Balaban J connectivity index is 2.92. The summed E-state index contributed by atoms with van der Waals surface area (Å²) in [5.41, 5.74) is 0. The second-order valence-electron chi connectivity index (χ2n) is 1.46. The normalized spacial score (nSPS) is 13.9. The molecule has 0 bridgehead atoms. The van der Waals surface area contributed by atoms with Crippen molar-refractivity contribution in [2.75, 3.05) is 12.4 Å². The Kier molecular flexibility index (Phi) is 6.20. The summed E-state index contributed by atoms with van der Waals surface area (Å²) in [5, 5.41) is 17.1. The summed E-state index contributed by atoms with van der Waals surface area (Å²) < 4.78 is 0. The van der Waals surface area contributed by atoms with Gasteiger partial charge in [-0.05, 0) is 6.42 Å². The van der Waals surface area contributed by atoms with Crippen LogP contribution in [0.3, 0.4) is 0 Å². The molecule has 0 spiro atoms. The van der Waals surface area contributed by atoms with E-state index in [0.717, 1.165) is 0 Å². The Hall–Kier alpha value is 0.620. The van der Waals surface area contributed by atoms with Gasteiger partial charge < -0.3 is 10.2 Å². The van der Waals surface area contributed by atoms with Gasteiger partial charge in [0.1, 0.15) is 0 Å². The maximum atomic E-state index is 8.82. The SMILES string of the molecule is OCCC(O)CSS. The van der Waals surface area contributed by atoms with Crippen LogP contribution in [0.1, 0.15) is 6.42 Å². The molecule has 0 aliphatic heterocycles. The predicted molar refractivity (Wildman–Crippen MR) is 39.2 cm³/mol. The van der Waals surface area contributed by atoms with Crippen molar-refractivity contribution >= 4 is 22.5 Å². The van der Waals surface area contributed by atoms with E-state index in [1.165, 1.54) is 10.8 Å². The number of thiol groups is 1. The molecule has 0 aromatic rings. The van der Waals surface area contributed by atoms with Gasteiger partial charge in [-0.1, -0.05) is 10.8 Å². The molecule has 50 valence electrons. The standard InChI is InChI=1S/C4H10O2S2/c5-2-1-4(6)3-8-7/h4-7H,1-3H2. The van der Waals surface area contributed by atoms with Crippen molar-refractivity contribution in [1.29, 1.82) is 0 Å². The summed E-state index contributed by atoms with van der Waals surface area (Å²) in [6, 6.07) is 0. The minimum atomic E-state index is -0.400. The highest BCUT2D eigenvalue weighted by molar-refractivity contribution is 8.68. The molecule has 0 amide bonds. The monoisotopic (exact) mass is 154 g/mol. The van der Waals surface area contributed by atoms with Crippen LogP contribution in [0.4, 0.5) is 0 Å². The third-order valence-corrected chi connectivity index (χ3v) is 1.71. The van der Waals surface area contributed by atoms with Crippen LogP contribution >= 0.6 is 22.5 Å². The van der Waals surface area contributed by atoms with E-state index in [1.807, 2.05) is 0 Å². The molecule has 0 aliphatic carbocycles. The lowest BCUT2D eigenvalue weighted by atomic mass is 10.3. The maximum Gasteiger partial charge on any atom is 0.0660 e. The number of hydrogen-bond donors (Lipinski definition) is 3. The van der Waals surface area contributed by atoms with Crippen LogP contribution < -0.4 is 0 Å². The largest absolute Gasteiger partial charge is 0.396 e. The van der Waals surface area contributed by atoms with Gasteiger partial charge in [-0.25, -0.2) is 0 Å². The van der Waals surface area contributed by atoms with Crippen LogP contribution in [0.15, 0.2) is 0 Å². The van der Waals surface area contributed by atoms with E-state index in [1.54, 1.807) is 0 Å². The average Bonchev–Trinajstić information content (AvgIpc) is 1.68. The molecular weight excluding hydrogens is 144 g/mol. The summed E-state index contributed by atoms with van der Waals surface area (Å²) in [5.74, 6) is 0.587. The Morgan fingerprint density at radius 3 is 2.62 bits per heavy atom. The highest BCUT2D eigenvalue weighted by Gasteiger charge is 1.99. The van der Waals surface area contributed by atoms with Crippen LogP contribution in [-0.2, 0) is 0 Å². The molecule has 0 fully saturated rings. The first-order valence-electron chi connectivity index (χ1n) is 2.36.